The lowest BCUT2D eigenvalue weighted by Gasteiger charge is -2.19. The first-order chi connectivity index (χ1) is 10.5. The quantitative estimate of drug-likeness (QED) is 0.860. The molecule has 1 aromatic heterocycles. The predicted molar refractivity (Wildman–Crippen MR) is 95.8 cm³/mol. The highest BCUT2D eigenvalue weighted by atomic mass is 35.5. The van der Waals surface area contributed by atoms with E-state index in [0.717, 1.165) is 22.4 Å². The number of nitrogen functional groups attached to an aromatic ring is 1. The molecule has 0 fully saturated rings. The topological polar surface area (TPSA) is 46.3 Å². The highest BCUT2D eigenvalue weighted by molar-refractivity contribution is 7.17. The molecule has 2 N–H and O–H groups in total. The van der Waals surface area contributed by atoms with Crippen LogP contribution in [0.2, 0.25) is 5.02 Å². The molecule has 0 spiro atoms. The lowest BCUT2D eigenvalue weighted by atomic mass is 9.99. The van der Waals surface area contributed by atoms with Crippen LogP contribution in [0.4, 0.5) is 5.00 Å². The van der Waals surface area contributed by atoms with E-state index in [1.807, 2.05) is 38.1 Å². The fraction of sp³-hybridized carbons (Fsp3) is 0.353. The Morgan fingerprint density at radius 1 is 1.18 bits per heavy atom. The molecule has 0 bridgehead atoms. The van der Waals surface area contributed by atoms with E-state index in [4.69, 9.17) is 17.3 Å². The Hall–Kier alpha value is -1.52. The summed E-state index contributed by atoms with van der Waals surface area (Å²) < 4.78 is 0. The van der Waals surface area contributed by atoms with Gasteiger partial charge >= 0.3 is 0 Å². The van der Waals surface area contributed by atoms with Gasteiger partial charge in [0.05, 0.1) is 10.6 Å². The van der Waals surface area contributed by atoms with Crippen LogP contribution in [0.25, 0.3) is 11.1 Å². The van der Waals surface area contributed by atoms with Gasteiger partial charge in [-0.25, -0.2) is 0 Å². The number of thiophene rings is 1. The minimum atomic E-state index is 0.00315. The van der Waals surface area contributed by atoms with Crippen molar-refractivity contribution < 1.29 is 4.79 Å². The van der Waals surface area contributed by atoms with E-state index in [9.17, 15) is 4.79 Å². The third-order valence-electron chi connectivity index (χ3n) is 3.73. The second-order valence-electron chi connectivity index (χ2n) is 4.98. The molecule has 2 rings (SSSR count). The van der Waals surface area contributed by atoms with Gasteiger partial charge in [-0.15, -0.1) is 11.3 Å². The Balaban J connectivity index is 2.61. The van der Waals surface area contributed by atoms with Gasteiger partial charge in [0.1, 0.15) is 0 Å². The Bertz CT molecular complexity index is 660. The fourth-order valence-corrected chi connectivity index (χ4v) is 3.70. The van der Waals surface area contributed by atoms with E-state index in [2.05, 4.69) is 6.92 Å². The van der Waals surface area contributed by atoms with Gasteiger partial charge in [-0.2, -0.15) is 0 Å². The molecule has 0 atom stereocenters. The van der Waals surface area contributed by atoms with Crippen LogP contribution in [0.5, 0.6) is 0 Å². The first kappa shape index (κ1) is 16.8. The average Bonchev–Trinajstić information content (AvgIpc) is 2.85. The zero-order valence-corrected chi connectivity index (χ0v) is 14.7. The smallest absolute Gasteiger partial charge is 0.257 e. The van der Waals surface area contributed by atoms with Crippen molar-refractivity contribution in [2.45, 2.75) is 27.2 Å². The van der Waals surface area contributed by atoms with Gasteiger partial charge in [0.25, 0.3) is 5.91 Å². The summed E-state index contributed by atoms with van der Waals surface area (Å²) >= 11 is 7.48. The van der Waals surface area contributed by atoms with Crippen molar-refractivity contribution in [2.75, 3.05) is 18.8 Å². The molecule has 0 unspecified atom stereocenters. The van der Waals surface area contributed by atoms with Gasteiger partial charge in [0.15, 0.2) is 0 Å². The highest BCUT2D eigenvalue weighted by Crippen LogP contribution is 2.40. The molecule has 0 radical (unpaired) electrons. The Labute approximate surface area is 140 Å². The monoisotopic (exact) mass is 336 g/mol. The number of amides is 1. The van der Waals surface area contributed by atoms with Crippen LogP contribution >= 0.6 is 22.9 Å². The minimum absolute atomic E-state index is 0.00315. The maximum Gasteiger partial charge on any atom is 0.257 e. The van der Waals surface area contributed by atoms with Gasteiger partial charge in [-0.05, 0) is 38.0 Å². The normalized spacial score (nSPS) is 10.7. The van der Waals surface area contributed by atoms with Crippen LogP contribution < -0.4 is 5.73 Å². The van der Waals surface area contributed by atoms with E-state index >= 15 is 0 Å². The number of carbonyl (C=O) groups is 1. The SMILES string of the molecule is CCc1sc(N)c(C(=O)N(CC)CC)c1-c1ccc(Cl)cc1. The molecular weight excluding hydrogens is 316 g/mol. The molecule has 0 saturated carbocycles. The lowest BCUT2D eigenvalue weighted by molar-refractivity contribution is 0.0775. The van der Waals surface area contributed by atoms with Crippen molar-refractivity contribution in [3.8, 4) is 11.1 Å². The summed E-state index contributed by atoms with van der Waals surface area (Å²) in [6, 6.07) is 7.58. The van der Waals surface area contributed by atoms with Gasteiger partial charge in [0.2, 0.25) is 0 Å². The number of halogens is 1. The van der Waals surface area contributed by atoms with E-state index in [-0.39, 0.29) is 5.91 Å². The van der Waals surface area contributed by atoms with Crippen molar-refractivity contribution >= 4 is 33.8 Å². The van der Waals surface area contributed by atoms with Crippen LogP contribution in [0.1, 0.15) is 36.0 Å². The molecule has 0 aliphatic rings. The Morgan fingerprint density at radius 2 is 1.77 bits per heavy atom. The van der Waals surface area contributed by atoms with Crippen LogP contribution in [0.3, 0.4) is 0 Å². The number of anilines is 1. The summed E-state index contributed by atoms with van der Waals surface area (Å²) in [7, 11) is 0. The largest absolute Gasteiger partial charge is 0.390 e. The first-order valence-electron chi connectivity index (χ1n) is 7.49. The molecule has 1 amide bonds. The average molecular weight is 337 g/mol. The van der Waals surface area contributed by atoms with Gasteiger partial charge < -0.3 is 10.6 Å². The number of aryl methyl sites for hydroxylation is 1. The van der Waals surface area contributed by atoms with Crippen molar-refractivity contribution in [3.05, 3.63) is 39.7 Å². The van der Waals surface area contributed by atoms with Gasteiger partial charge in [-0.1, -0.05) is 30.7 Å². The zero-order chi connectivity index (χ0) is 16.3. The third-order valence-corrected chi connectivity index (χ3v) is 5.14. The number of nitrogens with zero attached hydrogens (tertiary/aromatic N) is 1. The predicted octanol–water partition coefficient (Wildman–Crippen LogP) is 4.70. The van der Waals surface area contributed by atoms with E-state index in [1.165, 1.54) is 11.3 Å². The van der Waals surface area contributed by atoms with Crippen molar-refractivity contribution in [3.63, 3.8) is 0 Å². The number of carbonyl (C=O) groups excluding carboxylic acids is 1. The maximum absolute atomic E-state index is 12.8. The number of hydrogen-bond donors (Lipinski definition) is 1. The van der Waals surface area contributed by atoms with E-state index in [1.54, 1.807) is 4.90 Å². The van der Waals surface area contributed by atoms with Gasteiger partial charge in [0, 0.05) is 28.6 Å². The molecule has 0 aliphatic heterocycles. The Kier molecular flexibility index (Phi) is 5.48. The summed E-state index contributed by atoms with van der Waals surface area (Å²) in [6.45, 7) is 7.38. The fourth-order valence-electron chi connectivity index (χ4n) is 2.55. The highest BCUT2D eigenvalue weighted by Gasteiger charge is 2.25. The molecule has 0 aliphatic carbocycles. The van der Waals surface area contributed by atoms with Crippen LogP contribution in [-0.2, 0) is 6.42 Å². The standard InChI is InChI=1S/C17H21ClN2OS/c1-4-13-14(11-7-9-12(18)10-8-11)15(16(19)22-13)17(21)20(5-2)6-3/h7-10H,4-6,19H2,1-3H3. The maximum atomic E-state index is 12.8. The molecule has 22 heavy (non-hydrogen) atoms. The molecule has 0 saturated heterocycles. The molecule has 5 heteroatoms. The molecular formula is C17H21ClN2OS. The second kappa shape index (κ2) is 7.16. The summed E-state index contributed by atoms with van der Waals surface area (Å²) in [5, 5.41) is 1.28. The summed E-state index contributed by atoms with van der Waals surface area (Å²) in [5.74, 6) is 0.00315. The van der Waals surface area contributed by atoms with E-state index < -0.39 is 0 Å². The molecule has 118 valence electrons. The second-order valence-corrected chi connectivity index (χ2v) is 6.55. The number of benzene rings is 1. The number of hydrogen-bond acceptors (Lipinski definition) is 3. The minimum Gasteiger partial charge on any atom is -0.390 e. The third kappa shape index (κ3) is 3.13. The van der Waals surface area contributed by atoms with Crippen molar-refractivity contribution in [1.29, 1.82) is 0 Å². The molecule has 2 aromatic rings. The zero-order valence-electron chi connectivity index (χ0n) is 13.1. The number of nitrogens with two attached hydrogens (primary N) is 1. The first-order valence-corrected chi connectivity index (χ1v) is 8.69. The van der Waals surface area contributed by atoms with Crippen LogP contribution in [-0.4, -0.2) is 23.9 Å². The van der Waals surface area contributed by atoms with Crippen molar-refractivity contribution in [1.82, 2.24) is 4.90 Å². The number of rotatable bonds is 5. The van der Waals surface area contributed by atoms with Gasteiger partial charge in [-0.3, -0.25) is 4.79 Å². The molecule has 3 nitrogen and oxygen atoms in total. The van der Waals surface area contributed by atoms with Crippen LogP contribution in [0.15, 0.2) is 24.3 Å². The Morgan fingerprint density at radius 3 is 2.27 bits per heavy atom. The van der Waals surface area contributed by atoms with Crippen molar-refractivity contribution in [2.24, 2.45) is 0 Å². The summed E-state index contributed by atoms with van der Waals surface area (Å²) in [4.78, 5) is 15.8. The lowest BCUT2D eigenvalue weighted by Crippen LogP contribution is -2.31. The van der Waals surface area contributed by atoms with E-state index in [0.29, 0.717) is 28.7 Å². The molecule has 1 aromatic carbocycles. The summed E-state index contributed by atoms with van der Waals surface area (Å²) in [6.07, 6.45) is 0.846. The summed E-state index contributed by atoms with van der Waals surface area (Å²) in [5.41, 5.74) is 8.76. The van der Waals surface area contributed by atoms with Crippen LogP contribution in [0, 0.1) is 0 Å². The molecule has 1 heterocycles.